The largest absolute Gasteiger partial charge is 0.481 e. The molecule has 0 aliphatic carbocycles. The average molecular weight is 601 g/mol. The second kappa shape index (κ2) is 14.9. The third kappa shape index (κ3) is 8.48. The number of rotatable bonds is 13. The lowest BCUT2D eigenvalue weighted by Crippen LogP contribution is -2.30. The molecule has 0 aliphatic heterocycles. The Morgan fingerprint density at radius 3 is 1.21 bits per heavy atom. The summed E-state index contributed by atoms with van der Waals surface area (Å²) < 4.78 is 0. The first kappa shape index (κ1) is 30.4. The molecule has 0 aromatic heterocycles. The van der Waals surface area contributed by atoms with Gasteiger partial charge in [-0.2, -0.15) is 0 Å². The highest BCUT2D eigenvalue weighted by atomic mass is 33.1. The van der Waals surface area contributed by atoms with Crippen LogP contribution in [-0.4, -0.2) is 34.0 Å². The lowest BCUT2D eigenvalue weighted by atomic mass is 10.0. The fourth-order valence-electron chi connectivity index (χ4n) is 4.24. The number of nitrogens with one attached hydrogen (secondary N) is 2. The van der Waals surface area contributed by atoms with Crippen molar-refractivity contribution in [1.29, 1.82) is 0 Å². The summed E-state index contributed by atoms with van der Waals surface area (Å²) in [5.41, 5.74) is 2.11. The Labute approximate surface area is 251 Å². The minimum absolute atomic E-state index is 0.270. The van der Waals surface area contributed by atoms with Crippen LogP contribution in [0.4, 0.5) is 0 Å². The predicted molar refractivity (Wildman–Crippen MR) is 162 cm³/mol. The van der Waals surface area contributed by atoms with E-state index in [4.69, 9.17) is 0 Å². The lowest BCUT2D eigenvalue weighted by molar-refractivity contribution is -0.138. The van der Waals surface area contributed by atoms with Crippen LogP contribution >= 0.6 is 21.6 Å². The van der Waals surface area contributed by atoms with Crippen molar-refractivity contribution in [2.24, 2.45) is 0 Å². The molecule has 4 N–H and O–H groups in total. The van der Waals surface area contributed by atoms with Crippen LogP contribution in [0.15, 0.2) is 119 Å². The standard InChI is InChI=1S/C32H28N2O6S2/c35-29(36)19-25(21-11-3-1-4-12-21)33-31(39)23-15-7-9-17-27(23)41-42-28-18-10-8-16-24(28)32(40)34-26(20-30(37)38)22-13-5-2-6-14-22/h1-18,25-26H,19-20H2,(H,33,39)(H,34,40)(H,35,36)(H,37,38). The first-order valence-corrected chi connectivity index (χ1v) is 15.1. The van der Waals surface area contributed by atoms with Crippen molar-refractivity contribution in [3.63, 3.8) is 0 Å². The van der Waals surface area contributed by atoms with Gasteiger partial charge in [-0.25, -0.2) is 0 Å². The molecule has 4 aromatic carbocycles. The normalized spacial score (nSPS) is 12.1. The van der Waals surface area contributed by atoms with Gasteiger partial charge in [0.15, 0.2) is 0 Å². The molecule has 0 radical (unpaired) electrons. The summed E-state index contributed by atoms with van der Waals surface area (Å²) in [5.74, 6) is -2.90. The van der Waals surface area contributed by atoms with Crippen LogP contribution in [0.25, 0.3) is 0 Å². The smallest absolute Gasteiger partial charge is 0.305 e. The number of carboxylic acid groups (broad SMARTS) is 2. The molecular formula is C32H28N2O6S2. The van der Waals surface area contributed by atoms with Crippen LogP contribution in [-0.2, 0) is 9.59 Å². The third-order valence-electron chi connectivity index (χ3n) is 6.26. The van der Waals surface area contributed by atoms with Crippen LogP contribution in [0.5, 0.6) is 0 Å². The molecule has 0 heterocycles. The fourth-order valence-corrected chi connectivity index (χ4v) is 6.60. The zero-order chi connectivity index (χ0) is 29.9. The molecule has 0 saturated carbocycles. The Hall–Kier alpha value is -4.54. The van der Waals surface area contributed by atoms with E-state index in [1.54, 1.807) is 97.1 Å². The minimum Gasteiger partial charge on any atom is -0.481 e. The van der Waals surface area contributed by atoms with Crippen LogP contribution < -0.4 is 10.6 Å². The Balaban J connectivity index is 1.50. The van der Waals surface area contributed by atoms with Crippen LogP contribution in [0.1, 0.15) is 56.8 Å². The summed E-state index contributed by atoms with van der Waals surface area (Å²) in [6.45, 7) is 0. The van der Waals surface area contributed by atoms with Crippen molar-refractivity contribution in [3.05, 3.63) is 131 Å². The Bertz CT molecular complexity index is 1430. The van der Waals surface area contributed by atoms with E-state index < -0.39 is 35.8 Å². The number of carbonyl (C=O) groups is 4. The Morgan fingerprint density at radius 1 is 0.524 bits per heavy atom. The van der Waals surface area contributed by atoms with Gasteiger partial charge in [0.2, 0.25) is 0 Å². The molecule has 0 fully saturated rings. The molecule has 42 heavy (non-hydrogen) atoms. The minimum atomic E-state index is -1.03. The van der Waals surface area contributed by atoms with E-state index in [1.165, 1.54) is 21.6 Å². The summed E-state index contributed by atoms with van der Waals surface area (Å²) in [7, 11) is 2.58. The summed E-state index contributed by atoms with van der Waals surface area (Å²) in [4.78, 5) is 50.9. The molecule has 8 nitrogen and oxygen atoms in total. The van der Waals surface area contributed by atoms with Crippen molar-refractivity contribution in [2.45, 2.75) is 34.7 Å². The van der Waals surface area contributed by atoms with Gasteiger partial charge in [-0.1, -0.05) is 107 Å². The lowest BCUT2D eigenvalue weighted by Gasteiger charge is -2.19. The van der Waals surface area contributed by atoms with Crippen molar-refractivity contribution in [2.75, 3.05) is 0 Å². The molecule has 4 aromatic rings. The van der Waals surface area contributed by atoms with Crippen molar-refractivity contribution in [1.82, 2.24) is 10.6 Å². The quantitative estimate of drug-likeness (QED) is 0.130. The van der Waals surface area contributed by atoms with Gasteiger partial charge >= 0.3 is 11.9 Å². The maximum atomic E-state index is 13.3. The molecule has 214 valence electrons. The second-order valence-electron chi connectivity index (χ2n) is 9.23. The molecule has 2 atom stereocenters. The summed E-state index contributed by atoms with van der Waals surface area (Å²) in [5, 5.41) is 24.5. The van der Waals surface area contributed by atoms with Gasteiger partial charge in [-0.15, -0.1) is 0 Å². The second-order valence-corrected chi connectivity index (χ2v) is 11.4. The molecular weight excluding hydrogens is 572 g/mol. The van der Waals surface area contributed by atoms with Gasteiger partial charge in [0.25, 0.3) is 11.8 Å². The molecule has 2 unspecified atom stereocenters. The molecule has 0 saturated heterocycles. The van der Waals surface area contributed by atoms with E-state index in [-0.39, 0.29) is 12.8 Å². The first-order chi connectivity index (χ1) is 20.3. The molecule has 0 bridgehead atoms. The monoisotopic (exact) mass is 600 g/mol. The highest BCUT2D eigenvalue weighted by Gasteiger charge is 2.23. The highest BCUT2D eigenvalue weighted by molar-refractivity contribution is 8.76. The number of benzene rings is 4. The third-order valence-corrected chi connectivity index (χ3v) is 8.74. The average Bonchev–Trinajstić information content (AvgIpc) is 3.00. The number of hydrogen-bond acceptors (Lipinski definition) is 6. The van der Waals surface area contributed by atoms with Crippen molar-refractivity contribution >= 4 is 45.3 Å². The maximum absolute atomic E-state index is 13.3. The van der Waals surface area contributed by atoms with E-state index in [2.05, 4.69) is 10.6 Å². The maximum Gasteiger partial charge on any atom is 0.305 e. The number of hydrogen-bond donors (Lipinski definition) is 4. The first-order valence-electron chi connectivity index (χ1n) is 13.0. The van der Waals surface area contributed by atoms with Gasteiger partial charge in [0.05, 0.1) is 36.1 Å². The number of amides is 2. The molecule has 0 spiro atoms. The van der Waals surface area contributed by atoms with Crippen LogP contribution in [0, 0.1) is 0 Å². The van der Waals surface area contributed by atoms with E-state index in [9.17, 15) is 29.4 Å². The van der Waals surface area contributed by atoms with E-state index >= 15 is 0 Å². The Kier molecular flexibility index (Phi) is 10.8. The Morgan fingerprint density at radius 2 is 0.857 bits per heavy atom. The summed E-state index contributed by atoms with van der Waals surface area (Å²) in [6, 6.07) is 30.4. The van der Waals surface area contributed by atoms with E-state index in [1.807, 2.05) is 12.1 Å². The molecule has 0 aliphatic rings. The zero-order valence-corrected chi connectivity index (χ0v) is 23.9. The van der Waals surface area contributed by atoms with E-state index in [0.29, 0.717) is 32.0 Å². The van der Waals surface area contributed by atoms with Gasteiger partial charge in [-0.05, 0) is 35.4 Å². The SMILES string of the molecule is O=C(O)CC(NC(=O)c1ccccc1SSc1ccccc1C(=O)NC(CC(=O)O)c1ccccc1)c1ccccc1. The zero-order valence-electron chi connectivity index (χ0n) is 22.3. The van der Waals surface area contributed by atoms with Gasteiger partial charge in [-0.3, -0.25) is 19.2 Å². The topological polar surface area (TPSA) is 133 Å². The van der Waals surface area contributed by atoms with Gasteiger partial charge in [0.1, 0.15) is 0 Å². The molecule has 2 amide bonds. The van der Waals surface area contributed by atoms with Crippen LogP contribution in [0.2, 0.25) is 0 Å². The summed E-state index contributed by atoms with van der Waals surface area (Å²) in [6.07, 6.45) is -0.539. The van der Waals surface area contributed by atoms with Crippen molar-refractivity contribution in [3.8, 4) is 0 Å². The number of carbonyl (C=O) groups excluding carboxylic acids is 2. The summed E-state index contributed by atoms with van der Waals surface area (Å²) >= 11 is 0. The fraction of sp³-hybridized carbons (Fsp3) is 0.125. The number of carboxylic acids is 2. The molecule has 10 heteroatoms. The van der Waals surface area contributed by atoms with Crippen LogP contribution in [0.3, 0.4) is 0 Å². The van der Waals surface area contributed by atoms with E-state index in [0.717, 1.165) is 0 Å². The molecule has 4 rings (SSSR count). The van der Waals surface area contributed by atoms with Gasteiger partial charge < -0.3 is 20.8 Å². The van der Waals surface area contributed by atoms with Crippen molar-refractivity contribution < 1.29 is 29.4 Å². The highest BCUT2D eigenvalue weighted by Crippen LogP contribution is 2.40. The number of aliphatic carboxylic acids is 2. The van der Waals surface area contributed by atoms with Gasteiger partial charge in [0, 0.05) is 9.79 Å². The predicted octanol–water partition coefficient (Wildman–Crippen LogP) is 6.38.